The van der Waals surface area contributed by atoms with E-state index >= 15 is 0 Å². The zero-order chi connectivity index (χ0) is 11.4. The van der Waals surface area contributed by atoms with Crippen LogP contribution in [-0.2, 0) is 0 Å². The molecule has 88 valence electrons. The van der Waals surface area contributed by atoms with E-state index in [9.17, 15) is 0 Å². The maximum atomic E-state index is 4.23. The molecule has 16 heavy (non-hydrogen) atoms. The number of nitrogens with one attached hydrogen (secondary N) is 1. The molecule has 1 saturated carbocycles. The van der Waals surface area contributed by atoms with E-state index in [0.717, 1.165) is 16.2 Å². The van der Waals surface area contributed by atoms with Crippen molar-refractivity contribution in [3.63, 3.8) is 0 Å². The minimum atomic E-state index is 0.644. The first kappa shape index (κ1) is 11.9. The molecule has 1 aromatic rings. The molecule has 2 nitrogen and oxygen atoms in total. The van der Waals surface area contributed by atoms with E-state index < -0.39 is 0 Å². The maximum absolute atomic E-state index is 4.23. The highest BCUT2D eigenvalue weighted by atomic mass is 79.9. The van der Waals surface area contributed by atoms with Gasteiger partial charge in [0.05, 0.1) is 11.9 Å². The first-order valence-electron chi connectivity index (χ1n) is 6.16. The van der Waals surface area contributed by atoms with Crippen LogP contribution in [0.5, 0.6) is 0 Å². The molecule has 1 aliphatic carbocycles. The van der Waals surface area contributed by atoms with Gasteiger partial charge in [0.15, 0.2) is 0 Å². The highest BCUT2D eigenvalue weighted by Crippen LogP contribution is 2.28. The molecule has 1 N–H and O–H groups in total. The highest BCUT2D eigenvalue weighted by molar-refractivity contribution is 9.10. The third-order valence-electron chi connectivity index (χ3n) is 3.52. The van der Waals surface area contributed by atoms with Gasteiger partial charge in [-0.2, -0.15) is 0 Å². The predicted octanol–water partition coefficient (Wildman–Crippen LogP) is 4.22. The van der Waals surface area contributed by atoms with Gasteiger partial charge >= 0.3 is 0 Å². The fraction of sp³-hybridized carbons (Fsp3) is 0.615. The Morgan fingerprint density at radius 1 is 1.31 bits per heavy atom. The van der Waals surface area contributed by atoms with Crippen molar-refractivity contribution in [1.82, 2.24) is 4.98 Å². The van der Waals surface area contributed by atoms with Crippen LogP contribution in [0, 0.1) is 5.92 Å². The second kappa shape index (κ2) is 5.67. The molecule has 2 rings (SSSR count). The van der Waals surface area contributed by atoms with E-state index in [1.54, 1.807) is 0 Å². The summed E-state index contributed by atoms with van der Waals surface area (Å²) in [7, 11) is 0. The normalized spacial score (nSPS) is 25.4. The summed E-state index contributed by atoms with van der Waals surface area (Å²) in [6, 6.07) is 4.72. The first-order valence-corrected chi connectivity index (χ1v) is 6.95. The lowest BCUT2D eigenvalue weighted by molar-refractivity contribution is 0.330. The summed E-state index contributed by atoms with van der Waals surface area (Å²) in [5.74, 6) is 0.959. The van der Waals surface area contributed by atoms with Crippen LogP contribution in [0.15, 0.2) is 22.9 Å². The molecule has 0 aliphatic heterocycles. The third kappa shape index (κ3) is 3.21. The van der Waals surface area contributed by atoms with Crippen LogP contribution in [0.2, 0.25) is 0 Å². The minimum absolute atomic E-state index is 0.644. The fourth-order valence-corrected chi connectivity index (χ4v) is 2.65. The topological polar surface area (TPSA) is 24.9 Å². The van der Waals surface area contributed by atoms with Crippen LogP contribution in [0.3, 0.4) is 0 Å². The first-order chi connectivity index (χ1) is 7.78. The Hall–Kier alpha value is -0.570. The average molecular weight is 283 g/mol. The molecule has 0 spiro atoms. The lowest BCUT2D eigenvalue weighted by Gasteiger charge is -2.29. The minimum Gasteiger partial charge on any atom is -0.381 e. The summed E-state index contributed by atoms with van der Waals surface area (Å²) in [6.07, 6.45) is 8.59. The molecule has 1 aliphatic rings. The van der Waals surface area contributed by atoms with E-state index in [2.05, 4.69) is 39.2 Å². The van der Waals surface area contributed by atoms with Crippen molar-refractivity contribution < 1.29 is 0 Å². The number of hydrogen-bond acceptors (Lipinski definition) is 2. The zero-order valence-corrected chi connectivity index (χ0v) is 11.3. The molecule has 0 radical (unpaired) electrons. The van der Waals surface area contributed by atoms with Gasteiger partial charge in [-0.3, -0.25) is 0 Å². The van der Waals surface area contributed by atoms with E-state index in [4.69, 9.17) is 0 Å². The summed E-state index contributed by atoms with van der Waals surface area (Å²) in [6.45, 7) is 2.30. The van der Waals surface area contributed by atoms with Crippen LogP contribution in [0.25, 0.3) is 0 Å². The molecule has 0 bridgehead atoms. The quantitative estimate of drug-likeness (QED) is 0.840. The smallest absolute Gasteiger partial charge is 0.106 e. The van der Waals surface area contributed by atoms with Gasteiger partial charge in [0.2, 0.25) is 0 Å². The van der Waals surface area contributed by atoms with Gasteiger partial charge in [-0.05, 0) is 59.7 Å². The van der Waals surface area contributed by atoms with E-state index in [0.29, 0.717) is 6.04 Å². The SMILES string of the molecule is CCC1CCC(Nc2ccc(Br)nc2)CC1. The van der Waals surface area contributed by atoms with Crippen molar-refractivity contribution in [3.05, 3.63) is 22.9 Å². The number of anilines is 1. The Kier molecular flexibility index (Phi) is 4.22. The standard InChI is InChI=1S/C13H19BrN2/c1-2-10-3-5-11(6-4-10)16-12-7-8-13(14)15-9-12/h7-11,16H,2-6H2,1H3. The lowest BCUT2D eigenvalue weighted by Crippen LogP contribution is -2.25. The van der Waals surface area contributed by atoms with Gasteiger partial charge in [-0.25, -0.2) is 4.98 Å². The van der Waals surface area contributed by atoms with Crippen LogP contribution in [0.1, 0.15) is 39.0 Å². The van der Waals surface area contributed by atoms with Crippen molar-refractivity contribution in [2.45, 2.75) is 45.1 Å². The summed E-state index contributed by atoms with van der Waals surface area (Å²) in [5.41, 5.74) is 1.14. The molecule has 1 aromatic heterocycles. The Morgan fingerprint density at radius 2 is 2.06 bits per heavy atom. The number of nitrogens with zero attached hydrogens (tertiary/aromatic N) is 1. The van der Waals surface area contributed by atoms with Crippen molar-refractivity contribution in [2.75, 3.05) is 5.32 Å². The Bertz CT molecular complexity index is 315. The molecular weight excluding hydrogens is 264 g/mol. The van der Waals surface area contributed by atoms with E-state index in [-0.39, 0.29) is 0 Å². The second-order valence-electron chi connectivity index (χ2n) is 4.64. The summed E-state index contributed by atoms with van der Waals surface area (Å²) in [5, 5.41) is 3.57. The van der Waals surface area contributed by atoms with E-state index in [1.807, 2.05) is 12.3 Å². The van der Waals surface area contributed by atoms with Gasteiger partial charge in [0, 0.05) is 6.04 Å². The average Bonchev–Trinajstić information content (AvgIpc) is 2.33. The van der Waals surface area contributed by atoms with Gasteiger partial charge < -0.3 is 5.32 Å². The Morgan fingerprint density at radius 3 is 2.62 bits per heavy atom. The van der Waals surface area contributed by atoms with Crippen LogP contribution < -0.4 is 5.32 Å². The summed E-state index contributed by atoms with van der Waals surface area (Å²) < 4.78 is 0.896. The highest BCUT2D eigenvalue weighted by Gasteiger charge is 2.19. The third-order valence-corrected chi connectivity index (χ3v) is 3.99. The lowest BCUT2D eigenvalue weighted by atomic mass is 9.84. The van der Waals surface area contributed by atoms with Gasteiger partial charge in [0.1, 0.15) is 4.60 Å². The Labute approximate surface area is 106 Å². The Balaban J connectivity index is 1.84. The largest absolute Gasteiger partial charge is 0.381 e. The van der Waals surface area contributed by atoms with Crippen molar-refractivity contribution in [2.24, 2.45) is 5.92 Å². The molecule has 0 atom stereocenters. The molecule has 0 aromatic carbocycles. The zero-order valence-electron chi connectivity index (χ0n) is 9.75. The molecule has 3 heteroatoms. The fourth-order valence-electron chi connectivity index (χ4n) is 2.41. The van der Waals surface area contributed by atoms with Crippen molar-refractivity contribution in [3.8, 4) is 0 Å². The summed E-state index contributed by atoms with van der Waals surface area (Å²) in [4.78, 5) is 4.23. The number of rotatable bonds is 3. The molecule has 1 fully saturated rings. The number of halogens is 1. The second-order valence-corrected chi connectivity index (χ2v) is 5.45. The van der Waals surface area contributed by atoms with E-state index in [1.165, 1.54) is 32.1 Å². The maximum Gasteiger partial charge on any atom is 0.106 e. The van der Waals surface area contributed by atoms with Crippen molar-refractivity contribution >= 4 is 21.6 Å². The number of aromatic nitrogens is 1. The van der Waals surface area contributed by atoms with Crippen LogP contribution >= 0.6 is 15.9 Å². The monoisotopic (exact) mass is 282 g/mol. The molecule has 0 amide bonds. The van der Waals surface area contributed by atoms with Crippen LogP contribution in [-0.4, -0.2) is 11.0 Å². The van der Waals surface area contributed by atoms with Gasteiger partial charge in [-0.15, -0.1) is 0 Å². The molecule has 0 unspecified atom stereocenters. The van der Waals surface area contributed by atoms with Crippen molar-refractivity contribution in [1.29, 1.82) is 0 Å². The number of pyridine rings is 1. The number of hydrogen-bond donors (Lipinski definition) is 1. The molecule has 1 heterocycles. The van der Waals surface area contributed by atoms with Crippen LogP contribution in [0.4, 0.5) is 5.69 Å². The predicted molar refractivity (Wildman–Crippen MR) is 71.6 cm³/mol. The van der Waals surface area contributed by atoms with Gasteiger partial charge in [-0.1, -0.05) is 13.3 Å². The molecular formula is C13H19BrN2. The summed E-state index contributed by atoms with van der Waals surface area (Å²) >= 11 is 3.35. The molecule has 0 saturated heterocycles. The van der Waals surface area contributed by atoms with Gasteiger partial charge in [0.25, 0.3) is 0 Å².